The summed E-state index contributed by atoms with van der Waals surface area (Å²) in [5, 5.41) is 13.6. The van der Waals surface area contributed by atoms with Crippen molar-refractivity contribution < 1.29 is 28.3 Å². The van der Waals surface area contributed by atoms with Crippen molar-refractivity contribution in [3.63, 3.8) is 0 Å². The average molecular weight is 541 g/mol. The zero-order chi connectivity index (χ0) is 24.9. The largest absolute Gasteiger partial charge is 0.480 e. The number of carbonyl (C=O) groups is 3. The lowest BCUT2D eigenvalue weighted by Gasteiger charge is -2.31. The van der Waals surface area contributed by atoms with Gasteiger partial charge in [0.2, 0.25) is 11.8 Å². The Bertz CT molecular complexity index is 1330. The number of nitrogens with one attached hydrogen (secondary N) is 1. The van der Waals surface area contributed by atoms with Gasteiger partial charge in [-0.25, -0.2) is 13.7 Å². The van der Waals surface area contributed by atoms with Crippen LogP contribution in [0.4, 0.5) is 14.5 Å². The smallest absolute Gasteiger partial charge is 0.325 e. The summed E-state index contributed by atoms with van der Waals surface area (Å²) in [6.45, 7) is 0. The van der Waals surface area contributed by atoms with Crippen LogP contribution in [-0.4, -0.2) is 28.4 Å². The molecule has 0 saturated carbocycles. The SMILES string of the molecule is O=C1[C@@H]2[C@H](c3ccc(Br)cc3)N[C@](Cc3ccccc3)(C(=O)O)[C@H]2C(=O)N1c1ccc(F)cc1F. The molecular formula is C26H19BrF2N2O4. The van der Waals surface area contributed by atoms with Crippen molar-refractivity contribution in [1.29, 1.82) is 0 Å². The van der Waals surface area contributed by atoms with Crippen molar-refractivity contribution in [1.82, 2.24) is 5.32 Å². The van der Waals surface area contributed by atoms with Crippen LogP contribution in [0.15, 0.2) is 77.3 Å². The second-order valence-electron chi connectivity index (χ2n) is 8.72. The molecule has 2 fully saturated rings. The second kappa shape index (κ2) is 8.66. The number of carbonyl (C=O) groups excluding carboxylic acids is 2. The van der Waals surface area contributed by atoms with Gasteiger partial charge in [0.05, 0.1) is 17.5 Å². The molecule has 3 aromatic carbocycles. The molecule has 2 heterocycles. The molecule has 5 rings (SSSR count). The summed E-state index contributed by atoms with van der Waals surface area (Å²) in [7, 11) is 0. The van der Waals surface area contributed by atoms with Crippen LogP contribution in [0.5, 0.6) is 0 Å². The molecule has 4 atom stereocenters. The van der Waals surface area contributed by atoms with Gasteiger partial charge in [0.25, 0.3) is 0 Å². The van der Waals surface area contributed by atoms with Gasteiger partial charge in [0.15, 0.2) is 0 Å². The standard InChI is InChI=1S/C26H19BrF2N2O4/c27-16-8-6-15(7-9-16)22-20-21(26(30-22,25(34)35)13-14-4-2-1-3-5-14)24(33)31(23(20)32)19-11-10-17(28)12-18(19)29/h1-12,20-22,30H,13H2,(H,34,35)/t20-,21+,22-,26-/m0/s1. The first-order valence-electron chi connectivity index (χ1n) is 10.9. The number of halogens is 3. The van der Waals surface area contributed by atoms with E-state index in [-0.39, 0.29) is 6.42 Å². The van der Waals surface area contributed by atoms with Gasteiger partial charge in [0.1, 0.15) is 17.2 Å². The summed E-state index contributed by atoms with van der Waals surface area (Å²) in [6, 6.07) is 17.5. The highest BCUT2D eigenvalue weighted by Gasteiger charge is 2.68. The summed E-state index contributed by atoms with van der Waals surface area (Å²) in [6.07, 6.45) is -0.0733. The van der Waals surface area contributed by atoms with Crippen LogP contribution in [0, 0.1) is 23.5 Å². The lowest BCUT2D eigenvalue weighted by molar-refractivity contribution is -0.148. The van der Waals surface area contributed by atoms with Gasteiger partial charge in [0, 0.05) is 23.0 Å². The minimum Gasteiger partial charge on any atom is -0.480 e. The molecule has 3 aromatic rings. The van der Waals surface area contributed by atoms with E-state index in [2.05, 4.69) is 21.2 Å². The van der Waals surface area contributed by atoms with Gasteiger partial charge < -0.3 is 5.11 Å². The van der Waals surface area contributed by atoms with E-state index in [0.717, 1.165) is 16.6 Å². The number of carboxylic acids is 1. The van der Waals surface area contributed by atoms with Crippen LogP contribution in [0.2, 0.25) is 0 Å². The van der Waals surface area contributed by atoms with Crippen molar-refractivity contribution in [2.24, 2.45) is 11.8 Å². The molecule has 0 aromatic heterocycles. The van der Waals surface area contributed by atoms with E-state index in [1.54, 1.807) is 54.6 Å². The number of imide groups is 1. The molecule has 0 aliphatic carbocycles. The monoisotopic (exact) mass is 540 g/mol. The third-order valence-corrected chi connectivity index (χ3v) is 7.27. The molecule has 35 heavy (non-hydrogen) atoms. The van der Waals surface area contributed by atoms with Gasteiger partial charge in [-0.15, -0.1) is 0 Å². The van der Waals surface area contributed by atoms with E-state index in [4.69, 9.17) is 0 Å². The second-order valence-corrected chi connectivity index (χ2v) is 9.64. The fourth-order valence-corrected chi connectivity index (χ4v) is 5.48. The van der Waals surface area contributed by atoms with E-state index in [0.29, 0.717) is 22.1 Å². The zero-order valence-electron chi connectivity index (χ0n) is 18.1. The van der Waals surface area contributed by atoms with Crippen LogP contribution in [0.1, 0.15) is 17.2 Å². The molecule has 0 radical (unpaired) electrons. The van der Waals surface area contributed by atoms with Crippen LogP contribution < -0.4 is 10.2 Å². The maximum Gasteiger partial charge on any atom is 0.325 e. The third kappa shape index (κ3) is 3.75. The highest BCUT2D eigenvalue weighted by atomic mass is 79.9. The van der Waals surface area contributed by atoms with Crippen molar-refractivity contribution in [2.45, 2.75) is 18.0 Å². The predicted molar refractivity (Wildman–Crippen MR) is 126 cm³/mol. The first kappa shape index (κ1) is 23.3. The van der Waals surface area contributed by atoms with Crippen molar-refractivity contribution >= 4 is 39.4 Å². The minimum atomic E-state index is -1.83. The molecule has 2 aliphatic heterocycles. The lowest BCUT2D eigenvalue weighted by atomic mass is 9.76. The highest BCUT2D eigenvalue weighted by molar-refractivity contribution is 9.10. The maximum atomic E-state index is 14.7. The van der Waals surface area contributed by atoms with Crippen LogP contribution in [0.3, 0.4) is 0 Å². The fraction of sp³-hybridized carbons (Fsp3) is 0.192. The zero-order valence-corrected chi connectivity index (χ0v) is 19.7. The molecular weight excluding hydrogens is 522 g/mol. The Kier molecular flexibility index (Phi) is 5.77. The molecule has 9 heteroatoms. The maximum absolute atomic E-state index is 14.7. The summed E-state index contributed by atoms with van der Waals surface area (Å²) < 4.78 is 29.0. The first-order valence-corrected chi connectivity index (χ1v) is 11.7. The lowest BCUT2D eigenvalue weighted by Crippen LogP contribution is -2.57. The molecule has 6 nitrogen and oxygen atoms in total. The normalized spacial score (nSPS) is 25.7. The quantitative estimate of drug-likeness (QED) is 0.472. The molecule has 0 bridgehead atoms. The summed E-state index contributed by atoms with van der Waals surface area (Å²) in [5.74, 6) is -7.22. The van der Waals surface area contributed by atoms with E-state index in [1.807, 2.05) is 0 Å². The number of benzene rings is 3. The van der Waals surface area contributed by atoms with Crippen molar-refractivity contribution in [2.75, 3.05) is 4.90 Å². The topological polar surface area (TPSA) is 86.7 Å². The van der Waals surface area contributed by atoms with Gasteiger partial charge in [-0.3, -0.25) is 19.7 Å². The molecule has 0 spiro atoms. The Morgan fingerprint density at radius 3 is 2.31 bits per heavy atom. The Labute approximate surface area is 207 Å². The van der Waals surface area contributed by atoms with Crippen LogP contribution >= 0.6 is 15.9 Å². The third-order valence-electron chi connectivity index (χ3n) is 6.74. The average Bonchev–Trinajstić information content (AvgIpc) is 3.30. The van der Waals surface area contributed by atoms with Crippen LogP contribution in [0.25, 0.3) is 0 Å². The van der Waals surface area contributed by atoms with Crippen molar-refractivity contribution in [3.05, 3.63) is 100 Å². The predicted octanol–water partition coefficient (Wildman–Crippen LogP) is 4.24. The number of aliphatic carboxylic acids is 1. The summed E-state index contributed by atoms with van der Waals surface area (Å²) >= 11 is 3.36. The number of anilines is 1. The number of fused-ring (bicyclic) bond motifs is 1. The number of hydrogen-bond donors (Lipinski definition) is 2. The number of rotatable bonds is 5. The number of carboxylic acid groups (broad SMARTS) is 1. The molecule has 2 aliphatic rings. The molecule has 178 valence electrons. The van der Waals surface area contributed by atoms with Crippen LogP contribution in [-0.2, 0) is 20.8 Å². The Morgan fingerprint density at radius 1 is 1.00 bits per heavy atom. The van der Waals surface area contributed by atoms with Gasteiger partial charge >= 0.3 is 5.97 Å². The Balaban J connectivity index is 1.67. The number of nitrogens with zero attached hydrogens (tertiary/aromatic N) is 1. The van der Waals surface area contributed by atoms with E-state index >= 15 is 0 Å². The summed E-state index contributed by atoms with van der Waals surface area (Å²) in [4.78, 5) is 40.9. The van der Waals surface area contributed by atoms with Crippen molar-refractivity contribution in [3.8, 4) is 0 Å². The summed E-state index contributed by atoms with van der Waals surface area (Å²) in [5.41, 5.74) is -0.961. The van der Waals surface area contributed by atoms with Gasteiger partial charge in [-0.1, -0.05) is 58.4 Å². The molecule has 2 saturated heterocycles. The number of hydrogen-bond acceptors (Lipinski definition) is 4. The Hall–Kier alpha value is -3.43. The van der Waals surface area contributed by atoms with E-state index in [1.165, 1.54) is 0 Å². The highest BCUT2D eigenvalue weighted by Crippen LogP contribution is 2.51. The first-order chi connectivity index (χ1) is 16.7. The molecule has 2 amide bonds. The molecule has 2 N–H and O–H groups in total. The Morgan fingerprint density at radius 2 is 1.69 bits per heavy atom. The fourth-order valence-electron chi connectivity index (χ4n) is 5.21. The van der Waals surface area contributed by atoms with E-state index in [9.17, 15) is 28.3 Å². The minimum absolute atomic E-state index is 0.0733. The molecule has 0 unspecified atom stereocenters. The number of amides is 2. The van der Waals surface area contributed by atoms with Gasteiger partial charge in [-0.05, 0) is 35.4 Å². The van der Waals surface area contributed by atoms with Gasteiger partial charge in [-0.2, -0.15) is 0 Å². The van der Waals surface area contributed by atoms with E-state index < -0.39 is 58.5 Å².